The highest BCUT2D eigenvalue weighted by molar-refractivity contribution is 6.46. The van der Waals surface area contributed by atoms with Gasteiger partial charge in [-0.2, -0.15) is 0 Å². The molecule has 1 unspecified atom stereocenters. The molecule has 1 aliphatic rings. The molecule has 158 valence electrons. The highest BCUT2D eigenvalue weighted by Crippen LogP contribution is 2.42. The van der Waals surface area contributed by atoms with Gasteiger partial charge in [0.25, 0.3) is 11.7 Å². The Morgan fingerprint density at radius 1 is 1.17 bits per heavy atom. The van der Waals surface area contributed by atoms with Crippen molar-refractivity contribution in [3.8, 4) is 5.75 Å². The third kappa shape index (κ3) is 3.68. The Bertz CT molecular complexity index is 1030. The third-order valence-electron chi connectivity index (χ3n) is 5.15. The monoisotopic (exact) mass is 413 g/mol. The van der Waals surface area contributed by atoms with Crippen molar-refractivity contribution in [2.75, 3.05) is 27.4 Å². The topological polar surface area (TPSA) is 76.1 Å². The van der Waals surface area contributed by atoms with E-state index in [4.69, 9.17) is 9.47 Å². The first-order chi connectivity index (χ1) is 14.3. The van der Waals surface area contributed by atoms with Gasteiger partial charge < -0.3 is 19.5 Å². The van der Waals surface area contributed by atoms with Gasteiger partial charge in [0.1, 0.15) is 17.3 Å². The van der Waals surface area contributed by atoms with E-state index in [0.29, 0.717) is 5.75 Å². The first-order valence-electron chi connectivity index (χ1n) is 9.49. The molecule has 3 rings (SSSR count). The molecule has 7 heteroatoms. The molecular weight excluding hydrogens is 389 g/mol. The zero-order valence-electron chi connectivity index (χ0n) is 17.4. The third-order valence-corrected chi connectivity index (χ3v) is 5.15. The summed E-state index contributed by atoms with van der Waals surface area (Å²) in [5.41, 5.74) is 1.82. The highest BCUT2D eigenvalue weighted by Gasteiger charge is 2.47. The molecule has 0 aromatic heterocycles. The van der Waals surface area contributed by atoms with Crippen molar-refractivity contribution in [1.82, 2.24) is 4.90 Å². The summed E-state index contributed by atoms with van der Waals surface area (Å²) in [6.07, 6.45) is 0. The number of nitrogens with zero attached hydrogens (tertiary/aromatic N) is 1. The molecule has 0 bridgehead atoms. The van der Waals surface area contributed by atoms with E-state index >= 15 is 0 Å². The zero-order chi connectivity index (χ0) is 22.0. The fraction of sp³-hybridized carbons (Fsp3) is 0.304. The molecule has 30 heavy (non-hydrogen) atoms. The number of aliphatic hydroxyl groups excluding tert-OH is 1. The standard InChI is InChI=1S/C23H24FNO5/c1-13-11-14(2)22(30-4)16(12-13)20(26)18-19(15-7-5-6-8-17(15)24)25(9-10-29-3)23(28)21(18)27/h5-8,11-12,19,26H,9-10H2,1-4H3/b20-18+. The van der Waals surface area contributed by atoms with Crippen LogP contribution in [0.4, 0.5) is 4.39 Å². The summed E-state index contributed by atoms with van der Waals surface area (Å²) >= 11 is 0. The molecule has 1 heterocycles. The van der Waals surface area contributed by atoms with Gasteiger partial charge in [0, 0.05) is 19.2 Å². The van der Waals surface area contributed by atoms with Crippen LogP contribution in [0.15, 0.2) is 42.0 Å². The van der Waals surface area contributed by atoms with E-state index in [0.717, 1.165) is 11.1 Å². The van der Waals surface area contributed by atoms with Crippen LogP contribution in [0.2, 0.25) is 0 Å². The van der Waals surface area contributed by atoms with Crippen molar-refractivity contribution in [3.05, 3.63) is 70.0 Å². The van der Waals surface area contributed by atoms with Crippen LogP contribution >= 0.6 is 0 Å². The summed E-state index contributed by atoms with van der Waals surface area (Å²) in [4.78, 5) is 26.9. The molecule has 6 nitrogen and oxygen atoms in total. The number of aliphatic hydroxyl groups is 1. The Morgan fingerprint density at radius 2 is 1.87 bits per heavy atom. The number of ether oxygens (including phenoxy) is 2. The minimum Gasteiger partial charge on any atom is -0.507 e. The first kappa shape index (κ1) is 21.5. The number of halogens is 1. The van der Waals surface area contributed by atoms with E-state index in [2.05, 4.69) is 0 Å². The lowest BCUT2D eigenvalue weighted by Crippen LogP contribution is -2.33. The molecule has 0 spiro atoms. The fourth-order valence-corrected chi connectivity index (χ4v) is 3.87. The lowest BCUT2D eigenvalue weighted by molar-refractivity contribution is -0.140. The minimum absolute atomic E-state index is 0.0703. The van der Waals surface area contributed by atoms with Crippen molar-refractivity contribution in [3.63, 3.8) is 0 Å². The number of carbonyl (C=O) groups excluding carboxylic acids is 2. The average molecular weight is 413 g/mol. The Hall–Kier alpha value is -3.19. The van der Waals surface area contributed by atoms with Crippen LogP contribution in [-0.4, -0.2) is 49.1 Å². The van der Waals surface area contributed by atoms with Crippen LogP contribution in [0.25, 0.3) is 5.76 Å². The summed E-state index contributed by atoms with van der Waals surface area (Å²) in [5.74, 6) is -2.29. The molecule has 0 saturated carbocycles. The molecule has 1 saturated heterocycles. The van der Waals surface area contributed by atoms with Crippen LogP contribution in [0, 0.1) is 19.7 Å². The molecule has 1 atom stereocenters. The Labute approximate surface area is 174 Å². The molecule has 1 aliphatic heterocycles. The maximum absolute atomic E-state index is 14.7. The molecule has 0 radical (unpaired) electrons. The van der Waals surface area contributed by atoms with Gasteiger partial charge >= 0.3 is 0 Å². The first-order valence-corrected chi connectivity index (χ1v) is 9.49. The van der Waals surface area contributed by atoms with Gasteiger partial charge in [0.15, 0.2) is 0 Å². The van der Waals surface area contributed by atoms with Crippen molar-refractivity contribution in [2.24, 2.45) is 0 Å². The van der Waals surface area contributed by atoms with E-state index in [1.807, 2.05) is 19.9 Å². The second-order valence-electron chi connectivity index (χ2n) is 7.17. The summed E-state index contributed by atoms with van der Waals surface area (Å²) in [7, 11) is 2.93. The SMILES string of the molecule is COCCN1C(=O)C(=O)/C(=C(/O)c2cc(C)cc(C)c2OC)C1c1ccccc1F. The van der Waals surface area contributed by atoms with Gasteiger partial charge in [-0.25, -0.2) is 4.39 Å². The molecule has 2 aromatic carbocycles. The predicted molar refractivity (Wildman–Crippen MR) is 110 cm³/mol. The van der Waals surface area contributed by atoms with Gasteiger partial charge in [-0.3, -0.25) is 9.59 Å². The van der Waals surface area contributed by atoms with Crippen LogP contribution in [0.3, 0.4) is 0 Å². The smallest absolute Gasteiger partial charge is 0.295 e. The lowest BCUT2D eigenvalue weighted by Gasteiger charge is -2.25. The van der Waals surface area contributed by atoms with Crippen molar-refractivity contribution >= 4 is 17.4 Å². The quantitative estimate of drug-likeness (QED) is 0.446. The Kier molecular flexibility index (Phi) is 6.22. The lowest BCUT2D eigenvalue weighted by atomic mass is 9.93. The highest BCUT2D eigenvalue weighted by atomic mass is 19.1. The predicted octanol–water partition coefficient (Wildman–Crippen LogP) is 3.52. The number of amides is 1. The van der Waals surface area contributed by atoms with Crippen LogP contribution in [0.1, 0.15) is 28.3 Å². The van der Waals surface area contributed by atoms with Crippen molar-refractivity contribution < 1.29 is 28.6 Å². The number of aryl methyl sites for hydroxylation is 2. The Morgan fingerprint density at radius 3 is 2.50 bits per heavy atom. The Balaban J connectivity index is 2.28. The van der Waals surface area contributed by atoms with E-state index in [-0.39, 0.29) is 29.9 Å². The van der Waals surface area contributed by atoms with E-state index in [9.17, 15) is 19.1 Å². The summed E-state index contributed by atoms with van der Waals surface area (Å²) in [6.45, 7) is 3.88. The molecule has 1 amide bonds. The normalized spacial score (nSPS) is 18.2. The second-order valence-corrected chi connectivity index (χ2v) is 7.17. The van der Waals surface area contributed by atoms with Gasteiger partial charge in [0.05, 0.1) is 30.9 Å². The van der Waals surface area contributed by atoms with E-state index < -0.39 is 29.3 Å². The van der Waals surface area contributed by atoms with Gasteiger partial charge in [-0.15, -0.1) is 0 Å². The largest absolute Gasteiger partial charge is 0.507 e. The second kappa shape index (κ2) is 8.67. The summed E-state index contributed by atoms with van der Waals surface area (Å²) < 4.78 is 25.2. The summed E-state index contributed by atoms with van der Waals surface area (Å²) in [5, 5.41) is 11.2. The fourth-order valence-electron chi connectivity index (χ4n) is 3.87. The number of likely N-dealkylation sites (tertiary alicyclic amines) is 1. The molecular formula is C23H24FNO5. The number of hydrogen-bond donors (Lipinski definition) is 1. The molecule has 1 fully saturated rings. The van der Waals surface area contributed by atoms with E-state index in [1.165, 1.54) is 37.3 Å². The van der Waals surface area contributed by atoms with Crippen LogP contribution < -0.4 is 4.74 Å². The number of ketones is 1. The summed E-state index contributed by atoms with van der Waals surface area (Å²) in [6, 6.07) is 8.36. The van der Waals surface area contributed by atoms with Crippen LogP contribution in [0.5, 0.6) is 5.75 Å². The number of Topliss-reactive ketones (excluding diaryl/α,β-unsaturated/α-hetero) is 1. The van der Waals surface area contributed by atoms with Gasteiger partial charge in [-0.05, 0) is 37.1 Å². The molecule has 0 aliphatic carbocycles. The number of carbonyl (C=O) groups is 2. The zero-order valence-corrected chi connectivity index (χ0v) is 17.4. The number of methoxy groups -OCH3 is 2. The van der Waals surface area contributed by atoms with Gasteiger partial charge in [0.2, 0.25) is 0 Å². The number of hydrogen-bond acceptors (Lipinski definition) is 5. The molecule has 1 N–H and O–H groups in total. The van der Waals surface area contributed by atoms with Crippen molar-refractivity contribution in [1.29, 1.82) is 0 Å². The number of benzene rings is 2. The van der Waals surface area contributed by atoms with E-state index in [1.54, 1.807) is 12.1 Å². The van der Waals surface area contributed by atoms with Crippen molar-refractivity contribution in [2.45, 2.75) is 19.9 Å². The van der Waals surface area contributed by atoms with Crippen LogP contribution in [-0.2, 0) is 14.3 Å². The maximum Gasteiger partial charge on any atom is 0.295 e. The number of rotatable bonds is 6. The van der Waals surface area contributed by atoms with Gasteiger partial charge in [-0.1, -0.05) is 24.3 Å². The minimum atomic E-state index is -1.08. The average Bonchev–Trinajstić information content (AvgIpc) is 2.96. The maximum atomic E-state index is 14.7. The molecule has 2 aromatic rings.